The molecule has 0 radical (unpaired) electrons. The summed E-state index contributed by atoms with van der Waals surface area (Å²) < 4.78 is 0. The van der Waals surface area contributed by atoms with Crippen molar-refractivity contribution in [2.24, 2.45) is 0 Å². The fourth-order valence-electron chi connectivity index (χ4n) is 1.83. The van der Waals surface area contributed by atoms with Gasteiger partial charge in [-0.3, -0.25) is 4.79 Å². The van der Waals surface area contributed by atoms with Crippen molar-refractivity contribution in [2.75, 3.05) is 13.2 Å². The van der Waals surface area contributed by atoms with Crippen molar-refractivity contribution in [1.82, 2.24) is 10.6 Å². The van der Waals surface area contributed by atoms with E-state index in [1.165, 1.54) is 0 Å². The van der Waals surface area contributed by atoms with Crippen molar-refractivity contribution in [3.8, 4) is 0 Å². The third-order valence-corrected chi connectivity index (χ3v) is 2.82. The zero-order valence-electron chi connectivity index (χ0n) is 11.7. The molecule has 0 aliphatic rings. The Kier molecular flexibility index (Phi) is 7.15. The summed E-state index contributed by atoms with van der Waals surface area (Å²) in [6, 6.07) is 10.0. The van der Waals surface area contributed by atoms with E-state index in [0.29, 0.717) is 25.4 Å². The Morgan fingerprint density at radius 3 is 2.53 bits per heavy atom. The molecule has 1 rings (SSSR count). The van der Waals surface area contributed by atoms with Crippen LogP contribution in [0.3, 0.4) is 0 Å². The molecule has 4 heteroatoms. The lowest BCUT2D eigenvalue weighted by molar-refractivity contribution is -0.122. The smallest absolute Gasteiger partial charge is 0.221 e. The minimum absolute atomic E-state index is 0.0249. The second-order valence-electron chi connectivity index (χ2n) is 5.00. The largest absolute Gasteiger partial charge is 0.394 e. The molecule has 0 aliphatic carbocycles. The predicted molar refractivity (Wildman–Crippen MR) is 76.9 cm³/mol. The Balaban J connectivity index is 2.33. The number of amides is 1. The van der Waals surface area contributed by atoms with Gasteiger partial charge in [0, 0.05) is 19.0 Å². The number of hydrogen-bond acceptors (Lipinski definition) is 3. The van der Waals surface area contributed by atoms with Gasteiger partial charge in [0.1, 0.15) is 0 Å². The Morgan fingerprint density at radius 2 is 1.95 bits per heavy atom. The number of aliphatic hydroxyl groups excluding tert-OH is 1. The monoisotopic (exact) mass is 264 g/mol. The van der Waals surface area contributed by atoms with Gasteiger partial charge in [0.25, 0.3) is 0 Å². The third kappa shape index (κ3) is 6.94. The van der Waals surface area contributed by atoms with Crippen molar-refractivity contribution >= 4 is 5.91 Å². The first-order valence-corrected chi connectivity index (χ1v) is 6.79. The van der Waals surface area contributed by atoms with Crippen LogP contribution in [0, 0.1) is 0 Å². The topological polar surface area (TPSA) is 61.4 Å². The molecular weight excluding hydrogens is 240 g/mol. The van der Waals surface area contributed by atoms with Crippen molar-refractivity contribution < 1.29 is 9.90 Å². The van der Waals surface area contributed by atoms with Crippen LogP contribution in [0.4, 0.5) is 0 Å². The van der Waals surface area contributed by atoms with Crippen molar-refractivity contribution in [2.45, 2.75) is 38.8 Å². The molecule has 4 nitrogen and oxygen atoms in total. The van der Waals surface area contributed by atoms with Gasteiger partial charge in [-0.2, -0.15) is 0 Å². The Labute approximate surface area is 115 Å². The first kappa shape index (κ1) is 15.7. The third-order valence-electron chi connectivity index (χ3n) is 2.82. The molecule has 0 bridgehead atoms. The molecule has 1 atom stereocenters. The van der Waals surface area contributed by atoms with E-state index in [0.717, 1.165) is 5.56 Å². The van der Waals surface area contributed by atoms with Gasteiger partial charge < -0.3 is 15.7 Å². The highest BCUT2D eigenvalue weighted by molar-refractivity contribution is 5.76. The molecule has 1 aromatic carbocycles. The molecule has 0 saturated heterocycles. The zero-order chi connectivity index (χ0) is 14.1. The Hall–Kier alpha value is -1.39. The van der Waals surface area contributed by atoms with Crippen LogP contribution in [-0.4, -0.2) is 36.2 Å². The van der Waals surface area contributed by atoms with Gasteiger partial charge in [-0.25, -0.2) is 0 Å². The van der Waals surface area contributed by atoms with E-state index >= 15 is 0 Å². The highest BCUT2D eigenvalue weighted by atomic mass is 16.3. The zero-order valence-corrected chi connectivity index (χ0v) is 11.7. The fourth-order valence-corrected chi connectivity index (χ4v) is 1.83. The molecule has 106 valence electrons. The summed E-state index contributed by atoms with van der Waals surface area (Å²) in [6.07, 6.45) is 1.09. The van der Waals surface area contributed by atoms with Gasteiger partial charge in [0.15, 0.2) is 0 Å². The van der Waals surface area contributed by atoms with Crippen LogP contribution in [0.5, 0.6) is 0 Å². The van der Waals surface area contributed by atoms with E-state index in [2.05, 4.69) is 10.6 Å². The van der Waals surface area contributed by atoms with Crippen molar-refractivity contribution in [3.63, 3.8) is 0 Å². The number of nitrogens with one attached hydrogen (secondary N) is 2. The standard InChI is InChI=1S/C15H24N2O2/c1-12(2)16-9-8-15(19)17-14(11-18)10-13-6-4-3-5-7-13/h3-7,12,14,16,18H,8-11H2,1-2H3,(H,17,19)/t14-/m1/s1. The number of aliphatic hydroxyl groups is 1. The first-order valence-electron chi connectivity index (χ1n) is 6.79. The molecule has 1 aromatic rings. The average Bonchev–Trinajstić information content (AvgIpc) is 2.38. The Bertz CT molecular complexity index is 366. The molecule has 0 heterocycles. The van der Waals surface area contributed by atoms with Crippen LogP contribution >= 0.6 is 0 Å². The van der Waals surface area contributed by atoms with Gasteiger partial charge >= 0.3 is 0 Å². The van der Waals surface area contributed by atoms with E-state index in [-0.39, 0.29) is 18.6 Å². The van der Waals surface area contributed by atoms with Crippen LogP contribution in [0.2, 0.25) is 0 Å². The van der Waals surface area contributed by atoms with Gasteiger partial charge in [-0.15, -0.1) is 0 Å². The van der Waals surface area contributed by atoms with Gasteiger partial charge in [0.2, 0.25) is 5.91 Å². The molecule has 3 N–H and O–H groups in total. The minimum atomic E-state index is -0.214. The number of rotatable bonds is 8. The van der Waals surface area contributed by atoms with Gasteiger partial charge in [-0.05, 0) is 12.0 Å². The summed E-state index contributed by atoms with van der Waals surface area (Å²) in [7, 11) is 0. The van der Waals surface area contributed by atoms with Crippen LogP contribution < -0.4 is 10.6 Å². The van der Waals surface area contributed by atoms with Crippen LogP contribution in [0.1, 0.15) is 25.8 Å². The van der Waals surface area contributed by atoms with E-state index in [9.17, 15) is 9.90 Å². The summed E-state index contributed by atoms with van der Waals surface area (Å²) >= 11 is 0. The van der Waals surface area contributed by atoms with Crippen molar-refractivity contribution in [3.05, 3.63) is 35.9 Å². The maximum atomic E-state index is 11.7. The first-order chi connectivity index (χ1) is 9.11. The molecule has 1 amide bonds. The summed E-state index contributed by atoms with van der Waals surface area (Å²) in [5.74, 6) is -0.0249. The van der Waals surface area contributed by atoms with Gasteiger partial charge in [0.05, 0.1) is 12.6 Å². The van der Waals surface area contributed by atoms with Crippen LogP contribution in [0.25, 0.3) is 0 Å². The van der Waals surface area contributed by atoms with E-state index in [4.69, 9.17) is 0 Å². The maximum absolute atomic E-state index is 11.7. The number of carbonyl (C=O) groups is 1. The second kappa shape index (κ2) is 8.67. The van der Waals surface area contributed by atoms with E-state index < -0.39 is 0 Å². The summed E-state index contributed by atoms with van der Waals surface area (Å²) in [4.78, 5) is 11.7. The van der Waals surface area contributed by atoms with Gasteiger partial charge in [-0.1, -0.05) is 44.2 Å². The summed E-state index contributed by atoms with van der Waals surface area (Å²) in [5.41, 5.74) is 1.11. The Morgan fingerprint density at radius 1 is 1.26 bits per heavy atom. The number of benzene rings is 1. The maximum Gasteiger partial charge on any atom is 0.221 e. The van der Waals surface area contributed by atoms with Crippen LogP contribution in [0.15, 0.2) is 30.3 Å². The van der Waals surface area contributed by atoms with Crippen LogP contribution in [-0.2, 0) is 11.2 Å². The number of hydrogen-bond donors (Lipinski definition) is 3. The highest BCUT2D eigenvalue weighted by Gasteiger charge is 2.11. The fraction of sp³-hybridized carbons (Fsp3) is 0.533. The van der Waals surface area contributed by atoms with E-state index in [1.807, 2.05) is 44.2 Å². The SMILES string of the molecule is CC(C)NCCC(=O)N[C@@H](CO)Cc1ccccc1. The molecule has 0 spiro atoms. The van der Waals surface area contributed by atoms with E-state index in [1.54, 1.807) is 0 Å². The number of carbonyl (C=O) groups excluding carboxylic acids is 1. The molecule has 0 unspecified atom stereocenters. The molecule has 0 saturated carbocycles. The lowest BCUT2D eigenvalue weighted by Gasteiger charge is -2.17. The molecule has 0 aromatic heterocycles. The minimum Gasteiger partial charge on any atom is -0.394 e. The van der Waals surface area contributed by atoms with Crippen molar-refractivity contribution in [1.29, 1.82) is 0 Å². The highest BCUT2D eigenvalue weighted by Crippen LogP contribution is 2.03. The lowest BCUT2D eigenvalue weighted by Crippen LogP contribution is -2.40. The molecule has 0 fully saturated rings. The lowest BCUT2D eigenvalue weighted by atomic mass is 10.1. The predicted octanol–water partition coefficient (Wildman–Crippen LogP) is 1.09. The molecule has 0 aliphatic heterocycles. The molecule has 19 heavy (non-hydrogen) atoms. The quantitative estimate of drug-likeness (QED) is 0.659. The second-order valence-corrected chi connectivity index (χ2v) is 5.00. The average molecular weight is 264 g/mol. The summed E-state index contributed by atoms with van der Waals surface area (Å²) in [5, 5.41) is 15.4. The summed E-state index contributed by atoms with van der Waals surface area (Å²) in [6.45, 7) is 4.71. The normalized spacial score (nSPS) is 12.4. The molecular formula is C15H24N2O2.